The summed E-state index contributed by atoms with van der Waals surface area (Å²) in [5.74, 6) is -4.32. The number of carboxylic acid groups (broad SMARTS) is 1. The van der Waals surface area contributed by atoms with Crippen molar-refractivity contribution >= 4 is 29.6 Å². The van der Waals surface area contributed by atoms with Gasteiger partial charge in [-0.1, -0.05) is 26.0 Å². The molecule has 3 atom stereocenters. The first-order valence-corrected chi connectivity index (χ1v) is 10.3. The van der Waals surface area contributed by atoms with Gasteiger partial charge in [-0.3, -0.25) is 19.2 Å². The lowest BCUT2D eigenvalue weighted by atomic mass is 10.0. The van der Waals surface area contributed by atoms with Crippen LogP contribution in [-0.4, -0.2) is 64.5 Å². The van der Waals surface area contributed by atoms with Gasteiger partial charge in [-0.25, -0.2) is 4.79 Å². The van der Waals surface area contributed by atoms with Crippen LogP contribution in [0.4, 0.5) is 0 Å². The third-order valence-electron chi connectivity index (χ3n) is 4.53. The van der Waals surface area contributed by atoms with Crippen molar-refractivity contribution in [3.05, 3.63) is 29.8 Å². The van der Waals surface area contributed by atoms with Crippen LogP contribution in [0, 0.1) is 5.92 Å². The Morgan fingerprint density at radius 1 is 0.970 bits per heavy atom. The molecule has 1 aromatic rings. The largest absolute Gasteiger partial charge is 0.508 e. The van der Waals surface area contributed by atoms with Crippen molar-refractivity contribution in [3.63, 3.8) is 0 Å². The number of nitrogens with two attached hydrogens (primary N) is 2. The van der Waals surface area contributed by atoms with Gasteiger partial charge in [0.25, 0.3) is 0 Å². The number of hydrogen-bond acceptors (Lipinski definition) is 7. The molecular formula is C21H31N5O7. The lowest BCUT2D eigenvalue weighted by Crippen LogP contribution is -2.55. The quantitative estimate of drug-likeness (QED) is 0.179. The Balaban J connectivity index is 2.88. The standard InChI is InChI=1S/C21H31N5O7/c1-11(2)7-14(22)19(30)24-10-18(29)25-15(8-12-3-5-13(27)6-4-12)20(31)26-16(21(32)33)9-17(23)28/h3-6,11,14-16,27H,7-10,22H2,1-2H3,(H2,23,28)(H,24,30)(H,25,29)(H,26,31)(H,32,33). The zero-order valence-electron chi connectivity index (χ0n) is 18.5. The summed E-state index contributed by atoms with van der Waals surface area (Å²) in [4.78, 5) is 59.5. The minimum Gasteiger partial charge on any atom is -0.508 e. The molecule has 33 heavy (non-hydrogen) atoms. The van der Waals surface area contributed by atoms with E-state index in [4.69, 9.17) is 11.5 Å². The lowest BCUT2D eigenvalue weighted by Gasteiger charge is -2.21. The second kappa shape index (κ2) is 13.0. The highest BCUT2D eigenvalue weighted by Gasteiger charge is 2.28. The molecule has 12 nitrogen and oxygen atoms in total. The van der Waals surface area contributed by atoms with Crippen LogP contribution in [0.2, 0.25) is 0 Å². The van der Waals surface area contributed by atoms with Gasteiger partial charge in [-0.2, -0.15) is 0 Å². The first kappa shape index (κ1) is 27.4. The first-order chi connectivity index (χ1) is 15.4. The average Bonchev–Trinajstić information content (AvgIpc) is 2.71. The fourth-order valence-electron chi connectivity index (χ4n) is 2.91. The fraction of sp³-hybridized carbons (Fsp3) is 0.476. The number of benzene rings is 1. The Hall–Kier alpha value is -3.67. The summed E-state index contributed by atoms with van der Waals surface area (Å²) in [7, 11) is 0. The Morgan fingerprint density at radius 2 is 1.58 bits per heavy atom. The number of hydrogen-bond donors (Lipinski definition) is 7. The molecule has 0 spiro atoms. The van der Waals surface area contributed by atoms with Gasteiger partial charge in [0, 0.05) is 6.42 Å². The summed E-state index contributed by atoms with van der Waals surface area (Å²) >= 11 is 0. The number of phenolic OH excluding ortho intramolecular Hbond substituents is 1. The number of carboxylic acids is 1. The van der Waals surface area contributed by atoms with Crippen LogP contribution in [0.15, 0.2) is 24.3 Å². The van der Waals surface area contributed by atoms with Gasteiger partial charge >= 0.3 is 5.97 Å². The van der Waals surface area contributed by atoms with Crippen molar-refractivity contribution in [2.45, 2.75) is 51.2 Å². The third-order valence-corrected chi connectivity index (χ3v) is 4.53. The summed E-state index contributed by atoms with van der Waals surface area (Å²) < 4.78 is 0. The number of aromatic hydroxyl groups is 1. The number of primary amides is 1. The second-order valence-electron chi connectivity index (χ2n) is 8.01. The zero-order valence-corrected chi connectivity index (χ0v) is 18.5. The van der Waals surface area contributed by atoms with E-state index in [0.717, 1.165) is 0 Å². The molecule has 0 aliphatic carbocycles. The first-order valence-electron chi connectivity index (χ1n) is 10.3. The SMILES string of the molecule is CC(C)CC(N)C(=O)NCC(=O)NC(Cc1ccc(O)cc1)C(=O)NC(CC(N)=O)C(=O)O. The molecule has 0 saturated carbocycles. The highest BCUT2D eigenvalue weighted by Crippen LogP contribution is 2.12. The van der Waals surface area contributed by atoms with Crippen LogP contribution in [0.3, 0.4) is 0 Å². The van der Waals surface area contributed by atoms with Gasteiger partial charge in [0.15, 0.2) is 0 Å². The number of rotatable bonds is 13. The summed E-state index contributed by atoms with van der Waals surface area (Å²) in [5, 5.41) is 25.6. The van der Waals surface area contributed by atoms with Crippen LogP contribution in [-0.2, 0) is 30.4 Å². The van der Waals surface area contributed by atoms with Gasteiger partial charge < -0.3 is 37.6 Å². The number of aliphatic carboxylic acids is 1. The average molecular weight is 466 g/mol. The van der Waals surface area contributed by atoms with E-state index in [1.165, 1.54) is 24.3 Å². The smallest absolute Gasteiger partial charge is 0.326 e. The molecule has 3 unspecified atom stereocenters. The molecule has 0 aliphatic rings. The number of nitrogens with one attached hydrogen (secondary N) is 3. The van der Waals surface area contributed by atoms with E-state index < -0.39 is 60.7 Å². The predicted octanol–water partition coefficient (Wildman–Crippen LogP) is -1.65. The van der Waals surface area contributed by atoms with Gasteiger partial charge in [0.1, 0.15) is 17.8 Å². The monoisotopic (exact) mass is 465 g/mol. The normalized spacial score (nSPS) is 13.5. The summed E-state index contributed by atoms with van der Waals surface area (Å²) in [6.45, 7) is 3.34. The molecule has 4 amide bonds. The molecule has 1 aromatic carbocycles. The molecule has 0 heterocycles. The highest BCUT2D eigenvalue weighted by molar-refractivity contribution is 5.93. The maximum atomic E-state index is 12.7. The highest BCUT2D eigenvalue weighted by atomic mass is 16.4. The molecule has 182 valence electrons. The molecule has 0 aliphatic heterocycles. The Bertz CT molecular complexity index is 857. The fourth-order valence-corrected chi connectivity index (χ4v) is 2.91. The van der Waals surface area contributed by atoms with Gasteiger partial charge in [0.2, 0.25) is 23.6 Å². The van der Waals surface area contributed by atoms with Crippen LogP contribution < -0.4 is 27.4 Å². The van der Waals surface area contributed by atoms with Crippen LogP contribution in [0.1, 0.15) is 32.3 Å². The number of carbonyl (C=O) groups is 5. The van der Waals surface area contributed by atoms with Gasteiger partial charge in [0.05, 0.1) is 19.0 Å². The molecule has 1 rings (SSSR count). The van der Waals surface area contributed by atoms with Crippen molar-refractivity contribution < 1.29 is 34.2 Å². The van der Waals surface area contributed by atoms with Crippen molar-refractivity contribution in [2.75, 3.05) is 6.54 Å². The van der Waals surface area contributed by atoms with Gasteiger partial charge in [-0.05, 0) is 30.0 Å². The third kappa shape index (κ3) is 10.5. The molecule has 0 radical (unpaired) electrons. The van der Waals surface area contributed by atoms with E-state index >= 15 is 0 Å². The summed E-state index contributed by atoms with van der Waals surface area (Å²) in [6.07, 6.45) is -0.262. The Labute approximate surface area is 191 Å². The van der Waals surface area contributed by atoms with E-state index in [-0.39, 0.29) is 18.1 Å². The summed E-state index contributed by atoms with van der Waals surface area (Å²) in [5.41, 5.74) is 11.3. The van der Waals surface area contributed by atoms with Crippen LogP contribution >= 0.6 is 0 Å². The molecule has 0 saturated heterocycles. The van der Waals surface area contributed by atoms with Crippen molar-refractivity contribution in [3.8, 4) is 5.75 Å². The van der Waals surface area contributed by atoms with E-state index in [1.807, 2.05) is 13.8 Å². The lowest BCUT2D eigenvalue weighted by molar-refractivity contribution is -0.143. The van der Waals surface area contributed by atoms with E-state index in [1.54, 1.807) is 0 Å². The Kier molecular flexibility index (Phi) is 10.8. The molecule has 12 heteroatoms. The maximum Gasteiger partial charge on any atom is 0.326 e. The topological polar surface area (TPSA) is 214 Å². The van der Waals surface area contributed by atoms with Crippen molar-refractivity contribution in [2.24, 2.45) is 17.4 Å². The minimum atomic E-state index is -1.58. The van der Waals surface area contributed by atoms with E-state index in [2.05, 4.69) is 16.0 Å². The van der Waals surface area contributed by atoms with E-state index in [9.17, 15) is 34.2 Å². The van der Waals surface area contributed by atoms with Gasteiger partial charge in [-0.15, -0.1) is 0 Å². The number of carbonyl (C=O) groups excluding carboxylic acids is 4. The Morgan fingerprint density at radius 3 is 2.09 bits per heavy atom. The molecule has 0 aromatic heterocycles. The van der Waals surface area contributed by atoms with Crippen LogP contribution in [0.5, 0.6) is 5.75 Å². The van der Waals surface area contributed by atoms with Crippen LogP contribution in [0.25, 0.3) is 0 Å². The molecular weight excluding hydrogens is 434 g/mol. The number of phenols is 1. The van der Waals surface area contributed by atoms with Crippen molar-refractivity contribution in [1.82, 2.24) is 16.0 Å². The maximum absolute atomic E-state index is 12.7. The van der Waals surface area contributed by atoms with E-state index in [0.29, 0.717) is 12.0 Å². The molecule has 0 bridgehead atoms. The number of amides is 4. The molecule has 9 N–H and O–H groups in total. The molecule has 0 fully saturated rings. The predicted molar refractivity (Wildman–Crippen MR) is 118 cm³/mol. The van der Waals surface area contributed by atoms with Crippen molar-refractivity contribution in [1.29, 1.82) is 0 Å². The second-order valence-corrected chi connectivity index (χ2v) is 8.01. The summed E-state index contributed by atoms with van der Waals surface area (Å²) in [6, 6.07) is 2.20. The minimum absolute atomic E-state index is 0.00312. The zero-order chi connectivity index (χ0) is 25.1.